The number of aromatic carboxylic acids is 1. The van der Waals surface area contributed by atoms with Crippen molar-refractivity contribution < 1.29 is 27.9 Å². The van der Waals surface area contributed by atoms with Gasteiger partial charge in [-0.2, -0.15) is 5.10 Å². The van der Waals surface area contributed by atoms with Crippen LogP contribution in [0.25, 0.3) is 0 Å². The van der Waals surface area contributed by atoms with Crippen molar-refractivity contribution in [3.8, 4) is 11.6 Å². The fourth-order valence-corrected chi connectivity index (χ4v) is 4.73. The number of anilines is 1. The summed E-state index contributed by atoms with van der Waals surface area (Å²) in [4.78, 5) is 23.9. The molecule has 3 rings (SSSR count). The van der Waals surface area contributed by atoms with Gasteiger partial charge in [0.25, 0.3) is 5.91 Å². The van der Waals surface area contributed by atoms with E-state index in [2.05, 4.69) is 15.1 Å². The second-order valence-corrected chi connectivity index (χ2v) is 10.3. The van der Waals surface area contributed by atoms with E-state index in [1.54, 1.807) is 24.3 Å². The smallest absolute Gasteiger partial charge is 0.356 e. The molecule has 0 saturated carbocycles. The summed E-state index contributed by atoms with van der Waals surface area (Å²) in [7, 11) is -2.59. The van der Waals surface area contributed by atoms with Gasteiger partial charge in [-0.1, -0.05) is 37.6 Å². The van der Waals surface area contributed by atoms with Crippen LogP contribution in [0.2, 0.25) is 5.02 Å². The molecular formula is C23H25ClN4O6S. The second kappa shape index (κ2) is 10.5. The summed E-state index contributed by atoms with van der Waals surface area (Å²) < 4.78 is 35.9. The molecule has 0 fully saturated rings. The third kappa shape index (κ3) is 5.99. The molecule has 186 valence electrons. The lowest BCUT2D eigenvalue weighted by molar-refractivity contribution is 0.0688. The van der Waals surface area contributed by atoms with Crippen molar-refractivity contribution in [2.45, 2.75) is 25.7 Å². The largest absolute Gasteiger partial charge is 0.476 e. The number of hydrogen-bond acceptors (Lipinski definition) is 6. The average molecular weight is 521 g/mol. The molecule has 0 atom stereocenters. The van der Waals surface area contributed by atoms with Gasteiger partial charge in [-0.25, -0.2) is 22.6 Å². The Kier molecular flexibility index (Phi) is 7.83. The van der Waals surface area contributed by atoms with Crippen LogP contribution < -0.4 is 14.8 Å². The average Bonchev–Trinajstić information content (AvgIpc) is 3.07. The number of carbonyl (C=O) groups excluding carboxylic acids is 1. The zero-order valence-corrected chi connectivity index (χ0v) is 21.1. The Labute approximate surface area is 207 Å². The topological polar surface area (TPSA) is 140 Å². The predicted molar refractivity (Wildman–Crippen MR) is 131 cm³/mol. The maximum atomic E-state index is 13.2. The van der Waals surface area contributed by atoms with Gasteiger partial charge < -0.3 is 15.2 Å². The van der Waals surface area contributed by atoms with E-state index in [-0.39, 0.29) is 56.5 Å². The summed E-state index contributed by atoms with van der Waals surface area (Å²) >= 11 is 6.09. The molecule has 3 aromatic rings. The number of nitrogens with one attached hydrogen (secondary N) is 2. The Hall–Kier alpha value is -3.41. The SMILES string of the molecule is Cc1c(C(=O)O)nn(C)c1Oc1ccc(NC(=O)c2ccccc2Cl)cc1S(=O)(=O)NCC(C)C. The standard InChI is InChI=1S/C23H25ClN4O6S/c1-13(2)12-25-35(32,33)19-11-15(26-21(29)16-7-5-6-8-17(16)24)9-10-18(19)34-22-14(3)20(23(30)31)27-28(22)4/h5-11,13,25H,12H2,1-4H3,(H,26,29)(H,30,31). The van der Waals surface area contributed by atoms with Gasteiger partial charge >= 0.3 is 5.97 Å². The number of nitrogens with zero attached hydrogens (tertiary/aromatic N) is 2. The summed E-state index contributed by atoms with van der Waals surface area (Å²) in [6.45, 7) is 5.39. The number of sulfonamides is 1. The van der Waals surface area contributed by atoms with Gasteiger partial charge in [0.05, 0.1) is 10.6 Å². The lowest BCUT2D eigenvalue weighted by Gasteiger charge is -2.16. The van der Waals surface area contributed by atoms with Crippen LogP contribution in [0.1, 0.15) is 40.3 Å². The van der Waals surface area contributed by atoms with Crippen molar-refractivity contribution >= 4 is 39.2 Å². The van der Waals surface area contributed by atoms with Gasteiger partial charge in [0.15, 0.2) is 5.69 Å². The van der Waals surface area contributed by atoms with E-state index in [1.807, 2.05) is 13.8 Å². The molecule has 2 aromatic carbocycles. The minimum Gasteiger partial charge on any atom is -0.476 e. The van der Waals surface area contributed by atoms with E-state index in [4.69, 9.17) is 16.3 Å². The Balaban J connectivity index is 2.03. The Morgan fingerprint density at radius 3 is 2.49 bits per heavy atom. The van der Waals surface area contributed by atoms with Crippen molar-refractivity contribution in [2.75, 3.05) is 11.9 Å². The number of aromatic nitrogens is 2. The molecule has 0 aliphatic rings. The highest BCUT2D eigenvalue weighted by Crippen LogP contribution is 2.34. The minimum absolute atomic E-state index is 0.0368. The van der Waals surface area contributed by atoms with E-state index in [0.29, 0.717) is 0 Å². The zero-order chi connectivity index (χ0) is 25.9. The normalized spacial score (nSPS) is 11.5. The first kappa shape index (κ1) is 26.2. The summed E-state index contributed by atoms with van der Waals surface area (Å²) in [5.74, 6) is -1.72. The highest BCUT2D eigenvalue weighted by molar-refractivity contribution is 7.89. The predicted octanol–water partition coefficient (Wildman–Crippen LogP) is 4.06. The number of aryl methyl sites for hydroxylation is 1. The van der Waals surface area contributed by atoms with E-state index in [1.165, 1.54) is 36.9 Å². The van der Waals surface area contributed by atoms with E-state index in [9.17, 15) is 23.1 Å². The lowest BCUT2D eigenvalue weighted by atomic mass is 10.2. The van der Waals surface area contributed by atoms with Crippen LogP contribution in [0.3, 0.4) is 0 Å². The number of amides is 1. The first-order valence-electron chi connectivity index (χ1n) is 10.5. The quantitative estimate of drug-likeness (QED) is 0.386. The van der Waals surface area contributed by atoms with Crippen LogP contribution in [-0.2, 0) is 17.1 Å². The number of ether oxygens (including phenoxy) is 1. The fraction of sp³-hybridized carbons (Fsp3) is 0.261. The summed E-state index contributed by atoms with van der Waals surface area (Å²) in [6, 6.07) is 10.6. The summed E-state index contributed by atoms with van der Waals surface area (Å²) in [6.07, 6.45) is 0. The lowest BCUT2D eigenvalue weighted by Crippen LogP contribution is -2.28. The van der Waals surface area contributed by atoms with Crippen LogP contribution in [0, 0.1) is 12.8 Å². The van der Waals surface area contributed by atoms with Crippen LogP contribution in [-0.4, -0.2) is 41.7 Å². The molecule has 0 radical (unpaired) electrons. The van der Waals surface area contributed by atoms with E-state index in [0.717, 1.165) is 0 Å². The monoisotopic (exact) mass is 520 g/mol. The van der Waals surface area contributed by atoms with Crippen LogP contribution >= 0.6 is 11.6 Å². The van der Waals surface area contributed by atoms with Gasteiger partial charge in [-0.3, -0.25) is 4.79 Å². The van der Waals surface area contributed by atoms with Gasteiger partial charge in [0.2, 0.25) is 15.9 Å². The first-order chi connectivity index (χ1) is 16.4. The van der Waals surface area contributed by atoms with Crippen LogP contribution in [0.4, 0.5) is 5.69 Å². The molecular weight excluding hydrogens is 496 g/mol. The van der Waals surface area contributed by atoms with Gasteiger partial charge in [0, 0.05) is 24.8 Å². The molecule has 3 N–H and O–H groups in total. The third-order valence-electron chi connectivity index (χ3n) is 4.92. The number of rotatable bonds is 9. The molecule has 0 saturated heterocycles. The van der Waals surface area contributed by atoms with Gasteiger partial charge in [-0.05, 0) is 43.2 Å². The molecule has 35 heavy (non-hydrogen) atoms. The fourth-order valence-electron chi connectivity index (χ4n) is 3.14. The zero-order valence-electron chi connectivity index (χ0n) is 19.5. The molecule has 0 spiro atoms. The molecule has 0 aliphatic carbocycles. The maximum absolute atomic E-state index is 13.2. The number of halogens is 1. The number of hydrogen-bond donors (Lipinski definition) is 3. The number of benzene rings is 2. The van der Waals surface area contributed by atoms with Crippen molar-refractivity contribution in [1.29, 1.82) is 0 Å². The maximum Gasteiger partial charge on any atom is 0.356 e. The molecule has 0 unspecified atom stereocenters. The molecule has 1 amide bonds. The molecule has 10 nitrogen and oxygen atoms in total. The van der Waals surface area contributed by atoms with Crippen molar-refractivity contribution in [2.24, 2.45) is 13.0 Å². The van der Waals surface area contributed by atoms with Crippen LogP contribution in [0.5, 0.6) is 11.6 Å². The van der Waals surface area contributed by atoms with Gasteiger partial charge in [0.1, 0.15) is 10.6 Å². The van der Waals surface area contributed by atoms with E-state index >= 15 is 0 Å². The Morgan fingerprint density at radius 1 is 1.20 bits per heavy atom. The molecule has 1 heterocycles. The molecule has 12 heteroatoms. The van der Waals surface area contributed by atoms with Crippen LogP contribution in [0.15, 0.2) is 47.4 Å². The summed E-state index contributed by atoms with van der Waals surface area (Å²) in [5, 5.41) is 16.1. The Morgan fingerprint density at radius 2 is 1.89 bits per heavy atom. The second-order valence-electron chi connectivity index (χ2n) is 8.15. The van der Waals surface area contributed by atoms with E-state index < -0.39 is 21.9 Å². The number of carboxylic acid groups (broad SMARTS) is 1. The number of carbonyl (C=O) groups is 2. The van der Waals surface area contributed by atoms with Crippen molar-refractivity contribution in [1.82, 2.24) is 14.5 Å². The van der Waals surface area contributed by atoms with Gasteiger partial charge in [-0.15, -0.1) is 0 Å². The highest BCUT2D eigenvalue weighted by Gasteiger charge is 2.25. The highest BCUT2D eigenvalue weighted by atomic mass is 35.5. The molecule has 0 aliphatic heterocycles. The first-order valence-corrected chi connectivity index (χ1v) is 12.4. The van der Waals surface area contributed by atoms with Crippen molar-refractivity contribution in [3.05, 3.63) is 64.3 Å². The molecule has 1 aromatic heterocycles. The Bertz CT molecular complexity index is 1380. The third-order valence-corrected chi connectivity index (χ3v) is 6.69. The number of carboxylic acids is 1. The van der Waals surface area contributed by atoms with Crippen molar-refractivity contribution in [3.63, 3.8) is 0 Å². The summed E-state index contributed by atoms with van der Waals surface area (Å²) in [5.41, 5.74) is 0.437. The molecule has 0 bridgehead atoms. The minimum atomic E-state index is -4.07.